The van der Waals surface area contributed by atoms with Crippen LogP contribution >= 0.6 is 0 Å². The standard InChI is InChI=1S/C14H16FN3O/c15-9-1-6-13-12(7-9)14(19)18(8-17-13)11-4-2-10(16)3-5-11/h1,6-8,10-11H,2-5,16H2. The predicted molar refractivity (Wildman–Crippen MR) is 71.4 cm³/mol. The van der Waals surface area contributed by atoms with Crippen molar-refractivity contribution in [3.63, 3.8) is 0 Å². The summed E-state index contributed by atoms with van der Waals surface area (Å²) in [5, 5.41) is 0.345. The molecule has 0 unspecified atom stereocenters. The van der Waals surface area contributed by atoms with Gasteiger partial charge in [0.25, 0.3) is 5.56 Å². The molecule has 1 aromatic carbocycles. The summed E-state index contributed by atoms with van der Waals surface area (Å²) in [6.07, 6.45) is 5.16. The van der Waals surface area contributed by atoms with E-state index < -0.39 is 5.82 Å². The van der Waals surface area contributed by atoms with Gasteiger partial charge in [-0.05, 0) is 43.9 Å². The summed E-state index contributed by atoms with van der Waals surface area (Å²) < 4.78 is 14.9. The topological polar surface area (TPSA) is 60.9 Å². The SMILES string of the molecule is NC1CCC(n2cnc3ccc(F)cc3c2=O)CC1. The van der Waals surface area contributed by atoms with Crippen LogP contribution in [-0.2, 0) is 0 Å². The van der Waals surface area contributed by atoms with Crippen molar-refractivity contribution >= 4 is 10.9 Å². The molecule has 0 saturated heterocycles. The van der Waals surface area contributed by atoms with Crippen LogP contribution in [0.1, 0.15) is 31.7 Å². The second-order valence-corrected chi connectivity index (χ2v) is 5.19. The van der Waals surface area contributed by atoms with Gasteiger partial charge in [-0.3, -0.25) is 9.36 Å². The molecule has 1 fully saturated rings. The van der Waals surface area contributed by atoms with Crippen LogP contribution in [0.15, 0.2) is 29.3 Å². The van der Waals surface area contributed by atoms with E-state index in [9.17, 15) is 9.18 Å². The van der Waals surface area contributed by atoms with Crippen molar-refractivity contribution in [2.45, 2.75) is 37.8 Å². The van der Waals surface area contributed by atoms with Gasteiger partial charge in [-0.25, -0.2) is 9.37 Å². The molecule has 0 spiro atoms. The fourth-order valence-corrected chi connectivity index (χ4v) is 2.75. The van der Waals surface area contributed by atoms with Crippen LogP contribution in [0.5, 0.6) is 0 Å². The minimum atomic E-state index is -0.408. The van der Waals surface area contributed by atoms with Gasteiger partial charge in [-0.1, -0.05) is 0 Å². The van der Waals surface area contributed by atoms with Crippen molar-refractivity contribution in [1.82, 2.24) is 9.55 Å². The summed E-state index contributed by atoms with van der Waals surface area (Å²) >= 11 is 0. The number of aromatic nitrogens is 2. The van der Waals surface area contributed by atoms with Crippen LogP contribution in [0, 0.1) is 5.82 Å². The number of rotatable bonds is 1. The Hall–Kier alpha value is -1.75. The smallest absolute Gasteiger partial charge is 0.261 e. The largest absolute Gasteiger partial charge is 0.328 e. The Kier molecular flexibility index (Phi) is 3.06. The first-order chi connectivity index (χ1) is 9.15. The molecule has 2 N–H and O–H groups in total. The summed E-state index contributed by atoms with van der Waals surface area (Å²) in [4.78, 5) is 16.6. The normalized spacial score (nSPS) is 23.7. The first-order valence-corrected chi connectivity index (χ1v) is 6.57. The molecule has 0 amide bonds. The molecule has 1 aliphatic carbocycles. The molecule has 0 radical (unpaired) electrons. The van der Waals surface area contributed by atoms with E-state index in [2.05, 4.69) is 4.98 Å². The van der Waals surface area contributed by atoms with E-state index in [1.165, 1.54) is 18.2 Å². The van der Waals surface area contributed by atoms with Gasteiger partial charge >= 0.3 is 0 Å². The van der Waals surface area contributed by atoms with Gasteiger partial charge in [0.15, 0.2) is 0 Å². The minimum Gasteiger partial charge on any atom is -0.328 e. The maximum atomic E-state index is 13.2. The van der Waals surface area contributed by atoms with Crippen LogP contribution in [-0.4, -0.2) is 15.6 Å². The molecule has 100 valence electrons. The van der Waals surface area contributed by atoms with Crippen molar-refractivity contribution in [1.29, 1.82) is 0 Å². The molecular formula is C14H16FN3O. The molecule has 0 bridgehead atoms. The van der Waals surface area contributed by atoms with E-state index in [0.29, 0.717) is 10.9 Å². The monoisotopic (exact) mass is 261 g/mol. The lowest BCUT2D eigenvalue weighted by atomic mass is 9.91. The highest BCUT2D eigenvalue weighted by atomic mass is 19.1. The Balaban J connectivity index is 2.05. The zero-order valence-electron chi connectivity index (χ0n) is 10.6. The summed E-state index contributed by atoms with van der Waals surface area (Å²) in [6, 6.07) is 4.48. The highest BCUT2D eigenvalue weighted by Gasteiger charge is 2.21. The van der Waals surface area contributed by atoms with Gasteiger partial charge in [-0.2, -0.15) is 0 Å². The number of benzene rings is 1. The number of halogens is 1. The highest BCUT2D eigenvalue weighted by molar-refractivity contribution is 5.77. The first-order valence-electron chi connectivity index (χ1n) is 6.57. The van der Waals surface area contributed by atoms with E-state index in [-0.39, 0.29) is 17.6 Å². The minimum absolute atomic E-state index is 0.132. The molecular weight excluding hydrogens is 245 g/mol. The Morgan fingerprint density at radius 2 is 2.00 bits per heavy atom. The molecule has 1 saturated carbocycles. The van der Waals surface area contributed by atoms with Gasteiger partial charge in [-0.15, -0.1) is 0 Å². The maximum absolute atomic E-state index is 13.2. The van der Waals surface area contributed by atoms with Crippen LogP contribution < -0.4 is 11.3 Å². The Bertz CT molecular complexity index is 659. The van der Waals surface area contributed by atoms with Crippen molar-refractivity contribution in [2.75, 3.05) is 0 Å². The molecule has 4 nitrogen and oxygen atoms in total. The number of hydrogen-bond acceptors (Lipinski definition) is 3. The molecule has 1 heterocycles. The summed E-state index contributed by atoms with van der Waals surface area (Å²) in [5.74, 6) is -0.408. The molecule has 5 heteroatoms. The molecule has 1 aliphatic rings. The number of nitrogens with two attached hydrogens (primary N) is 1. The van der Waals surface area contributed by atoms with E-state index in [0.717, 1.165) is 25.7 Å². The van der Waals surface area contributed by atoms with Gasteiger partial charge in [0.1, 0.15) is 5.82 Å². The summed E-state index contributed by atoms with van der Waals surface area (Å²) in [5.41, 5.74) is 6.25. The second kappa shape index (κ2) is 4.74. The van der Waals surface area contributed by atoms with E-state index in [1.807, 2.05) is 0 Å². The molecule has 0 atom stereocenters. The summed E-state index contributed by atoms with van der Waals surface area (Å²) in [7, 11) is 0. The molecule has 19 heavy (non-hydrogen) atoms. The zero-order chi connectivity index (χ0) is 13.4. The lowest BCUT2D eigenvalue weighted by Gasteiger charge is -2.27. The predicted octanol–water partition coefficient (Wildman–Crippen LogP) is 1.98. The van der Waals surface area contributed by atoms with Crippen LogP contribution in [0.3, 0.4) is 0 Å². The molecule has 2 aromatic rings. The van der Waals surface area contributed by atoms with Crippen molar-refractivity contribution in [3.05, 3.63) is 40.7 Å². The molecule has 3 rings (SSSR count). The Morgan fingerprint density at radius 3 is 2.74 bits per heavy atom. The highest BCUT2D eigenvalue weighted by Crippen LogP contribution is 2.26. The van der Waals surface area contributed by atoms with Crippen molar-refractivity contribution in [3.8, 4) is 0 Å². The Labute approximate surface area is 110 Å². The third-order valence-electron chi connectivity index (χ3n) is 3.88. The maximum Gasteiger partial charge on any atom is 0.261 e. The van der Waals surface area contributed by atoms with E-state index in [1.54, 1.807) is 10.9 Å². The van der Waals surface area contributed by atoms with Crippen molar-refractivity contribution in [2.24, 2.45) is 5.73 Å². The van der Waals surface area contributed by atoms with Crippen molar-refractivity contribution < 1.29 is 4.39 Å². The van der Waals surface area contributed by atoms with Crippen LogP contribution in [0.2, 0.25) is 0 Å². The van der Waals surface area contributed by atoms with Gasteiger partial charge in [0.2, 0.25) is 0 Å². The summed E-state index contributed by atoms with van der Waals surface area (Å²) in [6.45, 7) is 0. The zero-order valence-corrected chi connectivity index (χ0v) is 10.6. The average molecular weight is 261 g/mol. The quantitative estimate of drug-likeness (QED) is 0.853. The second-order valence-electron chi connectivity index (χ2n) is 5.19. The third-order valence-corrected chi connectivity index (χ3v) is 3.88. The van der Waals surface area contributed by atoms with Gasteiger partial charge in [0.05, 0.1) is 17.2 Å². The molecule has 0 aliphatic heterocycles. The first kappa shape index (κ1) is 12.3. The van der Waals surface area contributed by atoms with Crippen LogP contribution in [0.25, 0.3) is 10.9 Å². The fourth-order valence-electron chi connectivity index (χ4n) is 2.75. The van der Waals surface area contributed by atoms with Crippen LogP contribution in [0.4, 0.5) is 4.39 Å². The number of nitrogens with zero attached hydrogens (tertiary/aromatic N) is 2. The Morgan fingerprint density at radius 1 is 1.26 bits per heavy atom. The van der Waals surface area contributed by atoms with E-state index >= 15 is 0 Å². The van der Waals surface area contributed by atoms with E-state index in [4.69, 9.17) is 5.73 Å². The lowest BCUT2D eigenvalue weighted by molar-refractivity contribution is 0.317. The average Bonchev–Trinajstić information content (AvgIpc) is 2.41. The van der Waals surface area contributed by atoms with Gasteiger partial charge in [0, 0.05) is 12.1 Å². The fraction of sp³-hybridized carbons (Fsp3) is 0.429. The van der Waals surface area contributed by atoms with Gasteiger partial charge < -0.3 is 5.73 Å². The lowest BCUT2D eigenvalue weighted by Crippen LogP contribution is -2.32. The third kappa shape index (κ3) is 2.26. The number of fused-ring (bicyclic) bond motifs is 1. The number of hydrogen-bond donors (Lipinski definition) is 1. The molecule has 1 aromatic heterocycles.